The average Bonchev–Trinajstić information content (AvgIpc) is 2.63. The standard InChI is InChI=1S/C9H18N4O2S/c1-8(7-10)16(14,15)12-6-4-9-3-5-11-13(9)2/h3,5,8,12H,4,6-7,10H2,1-2H3. The van der Waals surface area contributed by atoms with Crippen LogP contribution in [0.4, 0.5) is 0 Å². The van der Waals surface area contributed by atoms with Gasteiger partial charge >= 0.3 is 0 Å². The minimum absolute atomic E-state index is 0.126. The van der Waals surface area contributed by atoms with Crippen molar-refractivity contribution in [3.8, 4) is 0 Å². The van der Waals surface area contributed by atoms with E-state index in [0.29, 0.717) is 13.0 Å². The Kier molecular flexibility index (Phi) is 4.45. The molecule has 0 bridgehead atoms. The SMILES string of the molecule is CC(CN)S(=O)(=O)NCCc1ccnn1C. The molecule has 6 nitrogen and oxygen atoms in total. The van der Waals surface area contributed by atoms with Crippen molar-refractivity contribution in [3.63, 3.8) is 0 Å². The van der Waals surface area contributed by atoms with E-state index in [2.05, 4.69) is 9.82 Å². The minimum Gasteiger partial charge on any atom is -0.329 e. The van der Waals surface area contributed by atoms with Crippen molar-refractivity contribution in [1.82, 2.24) is 14.5 Å². The lowest BCUT2D eigenvalue weighted by Gasteiger charge is -2.11. The lowest BCUT2D eigenvalue weighted by molar-refractivity contribution is 0.567. The zero-order chi connectivity index (χ0) is 12.2. The Balaban J connectivity index is 2.45. The van der Waals surface area contributed by atoms with Crippen molar-refractivity contribution in [2.45, 2.75) is 18.6 Å². The number of aryl methyl sites for hydroxylation is 1. The molecule has 1 aromatic heterocycles. The number of hydrogen-bond acceptors (Lipinski definition) is 4. The van der Waals surface area contributed by atoms with E-state index < -0.39 is 15.3 Å². The van der Waals surface area contributed by atoms with Crippen LogP contribution in [0.2, 0.25) is 0 Å². The van der Waals surface area contributed by atoms with Gasteiger partial charge in [0, 0.05) is 38.4 Å². The summed E-state index contributed by atoms with van der Waals surface area (Å²) in [5.74, 6) is 0. The van der Waals surface area contributed by atoms with Crippen LogP contribution in [0, 0.1) is 0 Å². The van der Waals surface area contributed by atoms with Gasteiger partial charge in [-0.25, -0.2) is 13.1 Å². The monoisotopic (exact) mass is 246 g/mol. The largest absolute Gasteiger partial charge is 0.329 e. The fraction of sp³-hybridized carbons (Fsp3) is 0.667. The van der Waals surface area contributed by atoms with E-state index in [1.165, 1.54) is 0 Å². The van der Waals surface area contributed by atoms with E-state index in [0.717, 1.165) is 5.69 Å². The molecule has 92 valence electrons. The molecule has 0 amide bonds. The van der Waals surface area contributed by atoms with Crippen molar-refractivity contribution in [2.75, 3.05) is 13.1 Å². The van der Waals surface area contributed by atoms with Gasteiger partial charge in [-0.1, -0.05) is 0 Å². The predicted molar refractivity (Wildman–Crippen MR) is 62.4 cm³/mol. The Bertz CT molecular complexity index is 426. The first-order valence-electron chi connectivity index (χ1n) is 5.13. The summed E-state index contributed by atoms with van der Waals surface area (Å²) in [6.07, 6.45) is 2.30. The van der Waals surface area contributed by atoms with Crippen molar-refractivity contribution in [1.29, 1.82) is 0 Å². The molecule has 1 unspecified atom stereocenters. The molecule has 0 saturated heterocycles. The molecule has 7 heteroatoms. The molecule has 1 aromatic rings. The number of nitrogens with one attached hydrogen (secondary N) is 1. The van der Waals surface area contributed by atoms with E-state index in [4.69, 9.17) is 5.73 Å². The molecule has 0 fully saturated rings. The van der Waals surface area contributed by atoms with Gasteiger partial charge in [0.15, 0.2) is 0 Å². The zero-order valence-corrected chi connectivity index (χ0v) is 10.4. The van der Waals surface area contributed by atoms with Crippen LogP contribution >= 0.6 is 0 Å². The van der Waals surface area contributed by atoms with Crippen LogP contribution in [0.5, 0.6) is 0 Å². The summed E-state index contributed by atoms with van der Waals surface area (Å²) in [6.45, 7) is 2.08. The maximum Gasteiger partial charge on any atom is 0.215 e. The van der Waals surface area contributed by atoms with Gasteiger partial charge in [0.2, 0.25) is 10.0 Å². The molecule has 16 heavy (non-hydrogen) atoms. The first kappa shape index (κ1) is 13.1. The summed E-state index contributed by atoms with van der Waals surface area (Å²) in [6, 6.07) is 1.86. The highest BCUT2D eigenvalue weighted by Crippen LogP contribution is 1.99. The summed E-state index contributed by atoms with van der Waals surface area (Å²) in [5.41, 5.74) is 6.30. The summed E-state index contributed by atoms with van der Waals surface area (Å²) < 4.78 is 27.4. The van der Waals surface area contributed by atoms with Gasteiger partial charge in [-0.2, -0.15) is 5.10 Å². The van der Waals surface area contributed by atoms with E-state index in [9.17, 15) is 8.42 Å². The van der Waals surface area contributed by atoms with Crippen LogP contribution in [0.1, 0.15) is 12.6 Å². The number of sulfonamides is 1. The molecule has 1 rings (SSSR count). The van der Waals surface area contributed by atoms with Crippen LogP contribution < -0.4 is 10.5 Å². The second kappa shape index (κ2) is 5.42. The van der Waals surface area contributed by atoms with E-state index in [1.54, 1.807) is 17.8 Å². The predicted octanol–water partition coefficient (Wildman–Crippen LogP) is -0.771. The maximum atomic E-state index is 11.6. The fourth-order valence-corrected chi connectivity index (χ4v) is 2.16. The number of rotatable bonds is 6. The smallest absolute Gasteiger partial charge is 0.215 e. The molecule has 1 atom stereocenters. The van der Waals surface area contributed by atoms with Gasteiger partial charge in [0.25, 0.3) is 0 Å². The van der Waals surface area contributed by atoms with Crippen LogP contribution in [-0.4, -0.2) is 36.5 Å². The second-order valence-electron chi connectivity index (χ2n) is 3.68. The third kappa shape index (κ3) is 3.29. The fourth-order valence-electron chi connectivity index (χ4n) is 1.24. The van der Waals surface area contributed by atoms with Crippen molar-refractivity contribution < 1.29 is 8.42 Å². The first-order valence-corrected chi connectivity index (χ1v) is 6.67. The van der Waals surface area contributed by atoms with E-state index in [-0.39, 0.29) is 6.54 Å². The molecule has 0 spiro atoms. The van der Waals surface area contributed by atoms with Crippen LogP contribution in [0.15, 0.2) is 12.3 Å². The molecule has 0 aliphatic carbocycles. The van der Waals surface area contributed by atoms with Gasteiger partial charge in [-0.05, 0) is 13.0 Å². The number of hydrogen-bond donors (Lipinski definition) is 2. The third-order valence-electron chi connectivity index (χ3n) is 2.47. The highest BCUT2D eigenvalue weighted by molar-refractivity contribution is 7.90. The van der Waals surface area contributed by atoms with E-state index >= 15 is 0 Å². The highest BCUT2D eigenvalue weighted by Gasteiger charge is 2.18. The minimum atomic E-state index is -3.28. The molecular formula is C9H18N4O2S. The van der Waals surface area contributed by atoms with Crippen molar-refractivity contribution in [2.24, 2.45) is 12.8 Å². The molecule has 0 aromatic carbocycles. The first-order chi connectivity index (χ1) is 7.47. The topological polar surface area (TPSA) is 90.0 Å². The number of aromatic nitrogens is 2. The molecule has 0 saturated carbocycles. The van der Waals surface area contributed by atoms with Gasteiger partial charge in [-0.3, -0.25) is 4.68 Å². The zero-order valence-electron chi connectivity index (χ0n) is 9.55. The summed E-state index contributed by atoms with van der Waals surface area (Å²) in [7, 11) is -1.46. The molecule has 3 N–H and O–H groups in total. The Labute approximate surface area is 95.9 Å². The van der Waals surface area contributed by atoms with Crippen LogP contribution in [0.3, 0.4) is 0 Å². The lowest BCUT2D eigenvalue weighted by Crippen LogP contribution is -2.38. The van der Waals surface area contributed by atoms with Crippen molar-refractivity contribution >= 4 is 10.0 Å². The van der Waals surface area contributed by atoms with Gasteiger partial charge in [0.1, 0.15) is 0 Å². The average molecular weight is 246 g/mol. The number of nitrogens with zero attached hydrogens (tertiary/aromatic N) is 2. The van der Waals surface area contributed by atoms with E-state index in [1.807, 2.05) is 13.1 Å². The summed E-state index contributed by atoms with van der Waals surface area (Å²) in [4.78, 5) is 0. The maximum absolute atomic E-state index is 11.6. The quantitative estimate of drug-likeness (QED) is 0.689. The highest BCUT2D eigenvalue weighted by atomic mass is 32.2. The molecule has 1 heterocycles. The summed E-state index contributed by atoms with van der Waals surface area (Å²) >= 11 is 0. The van der Waals surface area contributed by atoms with Gasteiger partial charge in [0.05, 0.1) is 5.25 Å². The van der Waals surface area contributed by atoms with Gasteiger partial charge in [-0.15, -0.1) is 0 Å². The molecule has 0 aliphatic rings. The molecule has 0 aliphatic heterocycles. The lowest BCUT2D eigenvalue weighted by atomic mass is 10.3. The summed E-state index contributed by atoms with van der Waals surface area (Å²) in [5, 5.41) is 3.45. The Morgan fingerprint density at radius 3 is 2.81 bits per heavy atom. The number of nitrogens with two attached hydrogens (primary N) is 1. The normalized spacial score (nSPS) is 13.9. The Hall–Kier alpha value is -0.920. The third-order valence-corrected chi connectivity index (χ3v) is 4.33. The van der Waals surface area contributed by atoms with Crippen LogP contribution in [0.25, 0.3) is 0 Å². The van der Waals surface area contributed by atoms with Crippen LogP contribution in [-0.2, 0) is 23.5 Å². The molecular weight excluding hydrogens is 228 g/mol. The second-order valence-corrected chi connectivity index (χ2v) is 5.87. The Morgan fingerprint density at radius 1 is 1.62 bits per heavy atom. The van der Waals surface area contributed by atoms with Gasteiger partial charge < -0.3 is 5.73 Å². The Morgan fingerprint density at radius 2 is 2.31 bits per heavy atom. The van der Waals surface area contributed by atoms with Crippen molar-refractivity contribution in [3.05, 3.63) is 18.0 Å². The molecule has 0 radical (unpaired) electrons.